The first-order valence-corrected chi connectivity index (χ1v) is 5.25. The molecule has 0 amide bonds. The fraction of sp³-hybridized carbons (Fsp3) is 0.583. The zero-order chi connectivity index (χ0) is 10.6. The molecule has 0 unspecified atom stereocenters. The molecule has 0 aromatic carbocycles. The van der Waals surface area contributed by atoms with Gasteiger partial charge in [0.05, 0.1) is 6.61 Å². The van der Waals surface area contributed by atoms with E-state index in [1.807, 2.05) is 19.1 Å². The van der Waals surface area contributed by atoms with Crippen LogP contribution in [0.1, 0.15) is 39.5 Å². The highest BCUT2D eigenvalue weighted by Gasteiger charge is 1.94. The van der Waals surface area contributed by atoms with Crippen LogP contribution in [0.2, 0.25) is 0 Å². The Morgan fingerprint density at radius 3 is 2.71 bits per heavy atom. The predicted molar refractivity (Wildman–Crippen MR) is 59.1 cm³/mol. The maximum absolute atomic E-state index is 11.0. The molecule has 0 aromatic heterocycles. The van der Waals surface area contributed by atoms with Crippen LogP contribution in [0, 0.1) is 0 Å². The first-order chi connectivity index (χ1) is 6.81. The molecule has 80 valence electrons. The third-order valence-electron chi connectivity index (χ3n) is 1.70. The number of hydrogen-bond acceptors (Lipinski definition) is 2. The molecule has 0 N–H and O–H groups in total. The summed E-state index contributed by atoms with van der Waals surface area (Å²) >= 11 is 0. The van der Waals surface area contributed by atoms with Gasteiger partial charge < -0.3 is 4.74 Å². The van der Waals surface area contributed by atoms with Crippen molar-refractivity contribution < 1.29 is 9.53 Å². The molecule has 0 saturated carbocycles. The van der Waals surface area contributed by atoms with Gasteiger partial charge in [-0.3, -0.25) is 0 Å². The number of carbonyl (C=O) groups is 1. The van der Waals surface area contributed by atoms with E-state index in [1.165, 1.54) is 6.08 Å². The fourth-order valence-electron chi connectivity index (χ4n) is 0.935. The lowest BCUT2D eigenvalue weighted by Crippen LogP contribution is -2.01. The fourth-order valence-corrected chi connectivity index (χ4v) is 0.935. The number of rotatable bonds is 7. The van der Waals surface area contributed by atoms with Crippen molar-refractivity contribution in [3.8, 4) is 0 Å². The molecule has 14 heavy (non-hydrogen) atoms. The molecule has 0 fully saturated rings. The molecule has 0 saturated heterocycles. The van der Waals surface area contributed by atoms with Gasteiger partial charge in [-0.25, -0.2) is 4.79 Å². The van der Waals surface area contributed by atoms with Crippen molar-refractivity contribution in [2.45, 2.75) is 39.5 Å². The maximum atomic E-state index is 11.0. The van der Waals surface area contributed by atoms with E-state index in [0.717, 1.165) is 25.7 Å². The summed E-state index contributed by atoms with van der Waals surface area (Å²) in [5.41, 5.74) is 0. The standard InChI is InChI=1S/C12H20O2/c1-3-5-7-9-11-14-12(13)10-8-6-4-2/h3,5,8,10H,4,6-7,9,11H2,1-2H3/b5-3+,10-8+. The molecule has 0 spiro atoms. The molecule has 0 aromatic rings. The Bertz CT molecular complexity index is 192. The number of esters is 1. The van der Waals surface area contributed by atoms with Crippen LogP contribution in [-0.4, -0.2) is 12.6 Å². The quantitative estimate of drug-likeness (QED) is 0.270. The molecule has 0 aliphatic rings. The summed E-state index contributed by atoms with van der Waals surface area (Å²) in [6.07, 6.45) is 11.3. The van der Waals surface area contributed by atoms with Gasteiger partial charge in [0, 0.05) is 6.08 Å². The summed E-state index contributed by atoms with van der Waals surface area (Å²) in [7, 11) is 0. The molecule has 0 rings (SSSR count). The summed E-state index contributed by atoms with van der Waals surface area (Å²) in [4.78, 5) is 11.0. The van der Waals surface area contributed by atoms with Crippen molar-refractivity contribution in [3.05, 3.63) is 24.3 Å². The third kappa shape index (κ3) is 9.04. The predicted octanol–water partition coefficient (Wildman–Crippen LogP) is 3.24. The molecule has 0 aliphatic carbocycles. The Kier molecular flexibility index (Phi) is 9.28. The van der Waals surface area contributed by atoms with Gasteiger partial charge >= 0.3 is 5.97 Å². The van der Waals surface area contributed by atoms with E-state index in [0.29, 0.717) is 6.61 Å². The SMILES string of the molecule is C/C=C/CCCOC(=O)/C=C/CCC. The Balaban J connectivity index is 3.35. The van der Waals surface area contributed by atoms with Crippen molar-refractivity contribution in [2.24, 2.45) is 0 Å². The van der Waals surface area contributed by atoms with Crippen LogP contribution in [0.25, 0.3) is 0 Å². The minimum Gasteiger partial charge on any atom is -0.463 e. The lowest BCUT2D eigenvalue weighted by atomic mass is 10.3. The number of hydrogen-bond donors (Lipinski definition) is 0. The normalized spacial score (nSPS) is 11.3. The zero-order valence-corrected chi connectivity index (χ0v) is 9.16. The Morgan fingerprint density at radius 2 is 2.07 bits per heavy atom. The molecule has 0 aliphatic heterocycles. The number of unbranched alkanes of at least 4 members (excludes halogenated alkanes) is 2. The van der Waals surface area contributed by atoms with E-state index in [-0.39, 0.29) is 5.97 Å². The second kappa shape index (κ2) is 10.0. The summed E-state index contributed by atoms with van der Waals surface area (Å²) in [6, 6.07) is 0. The van der Waals surface area contributed by atoms with Crippen LogP contribution < -0.4 is 0 Å². The van der Waals surface area contributed by atoms with Crippen LogP contribution in [0.4, 0.5) is 0 Å². The molecular formula is C12H20O2. The van der Waals surface area contributed by atoms with E-state index in [4.69, 9.17) is 4.74 Å². The first kappa shape index (κ1) is 12.9. The average Bonchev–Trinajstić information content (AvgIpc) is 2.18. The van der Waals surface area contributed by atoms with Crippen LogP contribution in [0.15, 0.2) is 24.3 Å². The molecular weight excluding hydrogens is 176 g/mol. The third-order valence-corrected chi connectivity index (χ3v) is 1.70. The van der Waals surface area contributed by atoms with Gasteiger partial charge in [0.2, 0.25) is 0 Å². The van der Waals surface area contributed by atoms with Gasteiger partial charge in [-0.2, -0.15) is 0 Å². The molecule has 0 radical (unpaired) electrons. The minimum atomic E-state index is -0.223. The van der Waals surface area contributed by atoms with Crippen LogP contribution in [-0.2, 0) is 9.53 Å². The van der Waals surface area contributed by atoms with Crippen molar-refractivity contribution in [3.63, 3.8) is 0 Å². The minimum absolute atomic E-state index is 0.223. The number of allylic oxidation sites excluding steroid dienone is 3. The highest BCUT2D eigenvalue weighted by molar-refractivity contribution is 5.81. The van der Waals surface area contributed by atoms with E-state index in [9.17, 15) is 4.79 Å². The first-order valence-electron chi connectivity index (χ1n) is 5.25. The molecule has 0 heterocycles. The molecule has 2 heteroatoms. The second-order valence-corrected chi connectivity index (χ2v) is 3.07. The average molecular weight is 196 g/mol. The van der Waals surface area contributed by atoms with E-state index >= 15 is 0 Å². The topological polar surface area (TPSA) is 26.3 Å². The van der Waals surface area contributed by atoms with Crippen LogP contribution >= 0.6 is 0 Å². The van der Waals surface area contributed by atoms with E-state index in [1.54, 1.807) is 0 Å². The van der Waals surface area contributed by atoms with Gasteiger partial charge in [-0.15, -0.1) is 0 Å². The van der Waals surface area contributed by atoms with Gasteiger partial charge in [0.1, 0.15) is 0 Å². The summed E-state index contributed by atoms with van der Waals surface area (Å²) in [6.45, 7) is 4.58. The van der Waals surface area contributed by atoms with Crippen LogP contribution in [0.5, 0.6) is 0 Å². The monoisotopic (exact) mass is 196 g/mol. The summed E-state index contributed by atoms with van der Waals surface area (Å²) < 4.78 is 4.98. The van der Waals surface area contributed by atoms with Crippen LogP contribution in [0.3, 0.4) is 0 Å². The van der Waals surface area contributed by atoms with Gasteiger partial charge in [0.15, 0.2) is 0 Å². The molecule has 0 bridgehead atoms. The van der Waals surface area contributed by atoms with Crippen molar-refractivity contribution in [2.75, 3.05) is 6.61 Å². The Morgan fingerprint density at radius 1 is 1.29 bits per heavy atom. The number of ether oxygens (including phenoxy) is 1. The van der Waals surface area contributed by atoms with Gasteiger partial charge in [-0.05, 0) is 26.2 Å². The highest BCUT2D eigenvalue weighted by Crippen LogP contribution is 1.94. The molecule has 0 atom stereocenters. The maximum Gasteiger partial charge on any atom is 0.330 e. The Labute approximate surface area is 86.6 Å². The highest BCUT2D eigenvalue weighted by atomic mass is 16.5. The van der Waals surface area contributed by atoms with E-state index in [2.05, 4.69) is 13.0 Å². The lowest BCUT2D eigenvalue weighted by molar-refractivity contribution is -0.137. The lowest BCUT2D eigenvalue weighted by Gasteiger charge is -1.99. The largest absolute Gasteiger partial charge is 0.463 e. The van der Waals surface area contributed by atoms with E-state index < -0.39 is 0 Å². The number of carbonyl (C=O) groups excluding carboxylic acids is 1. The molecule has 2 nitrogen and oxygen atoms in total. The zero-order valence-electron chi connectivity index (χ0n) is 9.16. The Hall–Kier alpha value is -1.05. The van der Waals surface area contributed by atoms with Gasteiger partial charge in [0.25, 0.3) is 0 Å². The van der Waals surface area contributed by atoms with Crippen molar-refractivity contribution >= 4 is 5.97 Å². The second-order valence-electron chi connectivity index (χ2n) is 3.07. The van der Waals surface area contributed by atoms with Crippen molar-refractivity contribution in [1.82, 2.24) is 0 Å². The van der Waals surface area contributed by atoms with Crippen molar-refractivity contribution in [1.29, 1.82) is 0 Å². The summed E-state index contributed by atoms with van der Waals surface area (Å²) in [5, 5.41) is 0. The summed E-state index contributed by atoms with van der Waals surface area (Å²) in [5.74, 6) is -0.223. The smallest absolute Gasteiger partial charge is 0.330 e. The van der Waals surface area contributed by atoms with Gasteiger partial charge in [-0.1, -0.05) is 31.6 Å².